The molecule has 5 N–H and O–H groups in total. The van der Waals surface area contributed by atoms with Gasteiger partial charge >= 0.3 is 0 Å². The van der Waals surface area contributed by atoms with Crippen molar-refractivity contribution in [2.75, 3.05) is 11.5 Å². The van der Waals surface area contributed by atoms with Crippen molar-refractivity contribution in [1.82, 2.24) is 9.97 Å². The quantitative estimate of drug-likeness (QED) is 0.693. The number of hydrogen-bond acceptors (Lipinski definition) is 5. The van der Waals surface area contributed by atoms with Gasteiger partial charge in [0.15, 0.2) is 5.69 Å². The lowest BCUT2D eigenvalue weighted by atomic mass is 10.1. The molecule has 2 rings (SSSR count). The Morgan fingerprint density at radius 1 is 1.22 bits per heavy atom. The van der Waals surface area contributed by atoms with Crippen LogP contribution < -0.4 is 21.8 Å². The van der Waals surface area contributed by atoms with Crippen LogP contribution in [-0.4, -0.2) is 9.97 Å². The Balaban J connectivity index is 2.43. The number of ether oxygens (including phenoxy) is 1. The molecule has 0 atom stereocenters. The number of nitrogens with two attached hydrogens (primary N) is 2. The molecule has 0 fully saturated rings. The topological polar surface area (TPSA) is 107 Å². The van der Waals surface area contributed by atoms with E-state index >= 15 is 0 Å². The van der Waals surface area contributed by atoms with E-state index in [0.717, 1.165) is 11.1 Å². The summed E-state index contributed by atoms with van der Waals surface area (Å²) < 4.78 is 5.54. The molecule has 6 nitrogen and oxygen atoms in total. The van der Waals surface area contributed by atoms with Gasteiger partial charge in [-0.2, -0.15) is 0 Å². The van der Waals surface area contributed by atoms with Gasteiger partial charge in [-0.3, -0.25) is 4.79 Å². The number of hydrogen-bond donors (Lipinski definition) is 3. The minimum atomic E-state index is -0.426. The van der Waals surface area contributed by atoms with Crippen LogP contribution in [0.2, 0.25) is 0 Å². The Hall–Kier alpha value is -2.50. The van der Waals surface area contributed by atoms with Gasteiger partial charge < -0.3 is 21.2 Å². The Labute approximate surface area is 104 Å². The summed E-state index contributed by atoms with van der Waals surface area (Å²) in [5.74, 6) is 0.664. The molecule has 1 aromatic heterocycles. The van der Waals surface area contributed by atoms with Crippen molar-refractivity contribution in [1.29, 1.82) is 0 Å². The summed E-state index contributed by atoms with van der Waals surface area (Å²) in [5, 5.41) is 0. The third kappa shape index (κ3) is 2.13. The summed E-state index contributed by atoms with van der Waals surface area (Å²) in [6.07, 6.45) is 1.24. The van der Waals surface area contributed by atoms with Gasteiger partial charge in [-0.25, -0.2) is 4.98 Å². The van der Waals surface area contributed by atoms with Crippen LogP contribution in [0.5, 0.6) is 11.6 Å². The molecule has 0 spiro atoms. The fourth-order valence-corrected chi connectivity index (χ4v) is 1.50. The van der Waals surface area contributed by atoms with Crippen molar-refractivity contribution >= 4 is 11.4 Å². The molecule has 0 unspecified atom stereocenters. The van der Waals surface area contributed by atoms with Crippen LogP contribution in [0.3, 0.4) is 0 Å². The van der Waals surface area contributed by atoms with E-state index in [9.17, 15) is 4.79 Å². The molecule has 0 saturated carbocycles. The van der Waals surface area contributed by atoms with Gasteiger partial charge in [0.25, 0.3) is 5.56 Å². The minimum absolute atomic E-state index is 0.0496. The zero-order chi connectivity index (χ0) is 13.3. The highest BCUT2D eigenvalue weighted by Crippen LogP contribution is 2.29. The number of anilines is 2. The van der Waals surface area contributed by atoms with Crippen LogP contribution in [-0.2, 0) is 0 Å². The molecule has 0 aliphatic carbocycles. The molecule has 94 valence electrons. The van der Waals surface area contributed by atoms with Crippen molar-refractivity contribution in [2.24, 2.45) is 0 Å². The number of benzene rings is 1. The predicted octanol–water partition coefficient (Wildman–Crippen LogP) is 1.34. The van der Waals surface area contributed by atoms with Gasteiger partial charge in [-0.1, -0.05) is 0 Å². The average molecular weight is 246 g/mol. The van der Waals surface area contributed by atoms with E-state index in [1.165, 1.54) is 6.33 Å². The molecule has 6 heteroatoms. The summed E-state index contributed by atoms with van der Waals surface area (Å²) in [6.45, 7) is 3.73. The molecule has 2 aromatic rings. The standard InChI is InChI=1S/C12H14N4O2/c1-6-4-9(7(2)3-8(6)13)18-12-10(14)11(17)15-5-16-12/h3-5H,13-14H2,1-2H3,(H,15,16,17). The summed E-state index contributed by atoms with van der Waals surface area (Å²) >= 11 is 0. The maximum atomic E-state index is 11.3. The van der Waals surface area contributed by atoms with Crippen molar-refractivity contribution in [3.8, 4) is 11.6 Å². The molecule has 0 aliphatic rings. The highest BCUT2D eigenvalue weighted by Gasteiger charge is 2.10. The fourth-order valence-electron chi connectivity index (χ4n) is 1.50. The van der Waals surface area contributed by atoms with Gasteiger partial charge in [0, 0.05) is 5.69 Å². The normalized spacial score (nSPS) is 10.3. The zero-order valence-corrected chi connectivity index (χ0v) is 10.2. The smallest absolute Gasteiger partial charge is 0.277 e. The van der Waals surface area contributed by atoms with Crippen LogP contribution in [0.25, 0.3) is 0 Å². The molecule has 0 bridgehead atoms. The summed E-state index contributed by atoms with van der Waals surface area (Å²) in [7, 11) is 0. The van der Waals surface area contributed by atoms with Crippen molar-refractivity contribution in [3.05, 3.63) is 39.9 Å². The first-order chi connectivity index (χ1) is 8.49. The van der Waals surface area contributed by atoms with E-state index < -0.39 is 5.56 Å². The Morgan fingerprint density at radius 2 is 1.94 bits per heavy atom. The lowest BCUT2D eigenvalue weighted by Gasteiger charge is -2.11. The Kier molecular flexibility index (Phi) is 2.93. The van der Waals surface area contributed by atoms with Gasteiger partial charge in [0.1, 0.15) is 5.75 Å². The van der Waals surface area contributed by atoms with E-state index in [-0.39, 0.29) is 11.6 Å². The van der Waals surface area contributed by atoms with Crippen LogP contribution in [0.15, 0.2) is 23.3 Å². The molecule has 0 aliphatic heterocycles. The molecule has 0 saturated heterocycles. The first-order valence-corrected chi connectivity index (χ1v) is 5.36. The number of nitrogen functional groups attached to an aromatic ring is 2. The van der Waals surface area contributed by atoms with Gasteiger partial charge in [0.05, 0.1) is 6.33 Å². The number of nitrogens with one attached hydrogen (secondary N) is 1. The molecule has 18 heavy (non-hydrogen) atoms. The molecule has 1 heterocycles. The molecular weight excluding hydrogens is 232 g/mol. The van der Waals surface area contributed by atoms with Crippen molar-refractivity contribution in [2.45, 2.75) is 13.8 Å². The van der Waals surface area contributed by atoms with Crippen molar-refractivity contribution < 1.29 is 4.74 Å². The second-order valence-electron chi connectivity index (χ2n) is 4.03. The van der Waals surface area contributed by atoms with Crippen LogP contribution >= 0.6 is 0 Å². The lowest BCUT2D eigenvalue weighted by molar-refractivity contribution is 0.459. The number of nitrogens with zero attached hydrogens (tertiary/aromatic N) is 1. The number of aromatic nitrogens is 2. The van der Waals surface area contributed by atoms with Gasteiger partial charge in [-0.05, 0) is 37.1 Å². The second kappa shape index (κ2) is 4.40. The third-order valence-corrected chi connectivity index (χ3v) is 2.62. The SMILES string of the molecule is Cc1cc(Oc2nc[nH]c(=O)c2N)c(C)cc1N. The average Bonchev–Trinajstić information content (AvgIpc) is 2.32. The Bertz CT molecular complexity index is 649. The van der Waals surface area contributed by atoms with Crippen molar-refractivity contribution in [3.63, 3.8) is 0 Å². The van der Waals surface area contributed by atoms with E-state index in [2.05, 4.69) is 9.97 Å². The molecular formula is C12H14N4O2. The highest BCUT2D eigenvalue weighted by atomic mass is 16.5. The largest absolute Gasteiger partial charge is 0.437 e. The predicted molar refractivity (Wildman–Crippen MR) is 69.7 cm³/mol. The van der Waals surface area contributed by atoms with Crippen LogP contribution in [0.4, 0.5) is 11.4 Å². The molecule has 1 aromatic carbocycles. The first-order valence-electron chi connectivity index (χ1n) is 5.36. The van der Waals surface area contributed by atoms with Crippen LogP contribution in [0, 0.1) is 13.8 Å². The maximum Gasteiger partial charge on any atom is 0.277 e. The Morgan fingerprint density at radius 3 is 2.67 bits per heavy atom. The summed E-state index contributed by atoms with van der Waals surface area (Å²) in [4.78, 5) is 17.6. The van der Waals surface area contributed by atoms with Gasteiger partial charge in [0.2, 0.25) is 5.88 Å². The van der Waals surface area contributed by atoms with E-state index in [4.69, 9.17) is 16.2 Å². The summed E-state index contributed by atoms with van der Waals surface area (Å²) in [6, 6.07) is 3.58. The molecule has 0 amide bonds. The van der Waals surface area contributed by atoms with Crippen LogP contribution in [0.1, 0.15) is 11.1 Å². The summed E-state index contributed by atoms with van der Waals surface area (Å²) in [5.41, 5.74) is 13.3. The fraction of sp³-hybridized carbons (Fsp3) is 0.167. The molecule has 0 radical (unpaired) electrons. The highest BCUT2D eigenvalue weighted by molar-refractivity contribution is 5.55. The number of rotatable bonds is 2. The lowest BCUT2D eigenvalue weighted by Crippen LogP contribution is -2.13. The first kappa shape index (κ1) is 12.0. The second-order valence-corrected chi connectivity index (χ2v) is 4.03. The van der Waals surface area contributed by atoms with E-state index in [1.54, 1.807) is 12.1 Å². The van der Waals surface area contributed by atoms with E-state index in [1.807, 2.05) is 13.8 Å². The number of aryl methyl sites for hydroxylation is 2. The number of H-pyrrole nitrogens is 1. The zero-order valence-electron chi connectivity index (χ0n) is 10.2. The van der Waals surface area contributed by atoms with Gasteiger partial charge in [-0.15, -0.1) is 0 Å². The minimum Gasteiger partial charge on any atom is -0.437 e. The monoisotopic (exact) mass is 246 g/mol. The maximum absolute atomic E-state index is 11.3. The number of aromatic amines is 1. The third-order valence-electron chi connectivity index (χ3n) is 2.62. The van der Waals surface area contributed by atoms with E-state index in [0.29, 0.717) is 11.4 Å².